The Bertz CT molecular complexity index is 481. The van der Waals surface area contributed by atoms with Gasteiger partial charge in [-0.25, -0.2) is 0 Å². The molecule has 1 aromatic rings. The van der Waals surface area contributed by atoms with Crippen molar-refractivity contribution < 1.29 is 14.3 Å². The molecule has 2 rings (SSSR count). The van der Waals surface area contributed by atoms with Crippen molar-refractivity contribution in [2.45, 2.75) is 19.1 Å². The van der Waals surface area contributed by atoms with Crippen LogP contribution in [-0.2, 0) is 9.53 Å². The summed E-state index contributed by atoms with van der Waals surface area (Å²) in [6.45, 7) is 3.87. The van der Waals surface area contributed by atoms with Crippen molar-refractivity contribution in [2.75, 3.05) is 26.8 Å². The molecule has 1 saturated heterocycles. The molecule has 7 heteroatoms. The van der Waals surface area contributed by atoms with Crippen molar-refractivity contribution in [3.05, 3.63) is 28.2 Å². The zero-order chi connectivity index (χ0) is 14.5. The maximum atomic E-state index is 12.1. The number of nitrogens with one attached hydrogen (secondary N) is 2. The molecule has 0 aromatic heterocycles. The molecule has 1 aromatic carbocycles. The van der Waals surface area contributed by atoms with E-state index in [-0.39, 0.29) is 24.4 Å². The van der Waals surface area contributed by atoms with Gasteiger partial charge in [0.2, 0.25) is 0 Å². The lowest BCUT2D eigenvalue weighted by Crippen LogP contribution is -2.48. The van der Waals surface area contributed by atoms with E-state index in [2.05, 4.69) is 26.6 Å². The number of hydrogen-bond acceptors (Lipinski definition) is 4. The summed E-state index contributed by atoms with van der Waals surface area (Å²) >= 11 is 3.45. The van der Waals surface area contributed by atoms with Crippen LogP contribution >= 0.6 is 28.3 Å². The minimum atomic E-state index is -0.409. The van der Waals surface area contributed by atoms with Crippen molar-refractivity contribution in [1.29, 1.82) is 0 Å². The van der Waals surface area contributed by atoms with Crippen LogP contribution in [0.1, 0.15) is 18.5 Å². The number of halogens is 2. The number of hydrogen-bond donors (Lipinski definition) is 2. The fourth-order valence-electron chi connectivity index (χ4n) is 2.08. The average molecular weight is 380 g/mol. The summed E-state index contributed by atoms with van der Waals surface area (Å²) in [5, 5.41) is 6.11. The van der Waals surface area contributed by atoms with Gasteiger partial charge in [0.25, 0.3) is 5.91 Å². The predicted molar refractivity (Wildman–Crippen MR) is 87.1 cm³/mol. The standard InChI is InChI=1S/C14H19BrN2O3.ClH/c1-9(10-3-4-12(19-2)11(15)7-10)17-14(18)13-8-16-5-6-20-13;/h3-4,7,9,13,16H,5-6,8H2,1-2H3,(H,17,18);1H. The van der Waals surface area contributed by atoms with Crippen LogP contribution in [0, 0.1) is 0 Å². The van der Waals surface area contributed by atoms with Gasteiger partial charge in [0.05, 0.1) is 24.2 Å². The molecule has 0 bridgehead atoms. The lowest BCUT2D eigenvalue weighted by molar-refractivity contribution is -0.134. The summed E-state index contributed by atoms with van der Waals surface area (Å²) in [5.41, 5.74) is 1.01. The van der Waals surface area contributed by atoms with E-state index in [1.54, 1.807) is 7.11 Å². The van der Waals surface area contributed by atoms with Crippen LogP contribution < -0.4 is 15.4 Å². The largest absolute Gasteiger partial charge is 0.496 e. The van der Waals surface area contributed by atoms with Crippen LogP contribution in [0.2, 0.25) is 0 Å². The van der Waals surface area contributed by atoms with Crippen molar-refractivity contribution in [2.24, 2.45) is 0 Å². The fourth-order valence-corrected chi connectivity index (χ4v) is 2.63. The number of carbonyl (C=O) groups is 1. The summed E-state index contributed by atoms with van der Waals surface area (Å²) in [7, 11) is 1.62. The van der Waals surface area contributed by atoms with E-state index < -0.39 is 6.10 Å². The second-order valence-corrected chi connectivity index (χ2v) is 5.54. The van der Waals surface area contributed by atoms with Gasteiger partial charge < -0.3 is 20.1 Å². The minimum Gasteiger partial charge on any atom is -0.496 e. The van der Waals surface area contributed by atoms with Crippen molar-refractivity contribution >= 4 is 34.2 Å². The second-order valence-electron chi connectivity index (χ2n) is 4.69. The van der Waals surface area contributed by atoms with Gasteiger partial charge in [-0.15, -0.1) is 12.4 Å². The zero-order valence-electron chi connectivity index (χ0n) is 12.0. The highest BCUT2D eigenvalue weighted by molar-refractivity contribution is 9.10. The van der Waals surface area contributed by atoms with Crippen LogP contribution in [0.4, 0.5) is 0 Å². The Morgan fingerprint density at radius 2 is 2.33 bits per heavy atom. The molecule has 118 valence electrons. The van der Waals surface area contributed by atoms with Crippen molar-refractivity contribution in [1.82, 2.24) is 10.6 Å². The molecule has 2 unspecified atom stereocenters. The molecule has 1 fully saturated rings. The highest BCUT2D eigenvalue weighted by atomic mass is 79.9. The van der Waals surface area contributed by atoms with Crippen LogP contribution in [0.15, 0.2) is 22.7 Å². The van der Waals surface area contributed by atoms with E-state index in [4.69, 9.17) is 9.47 Å². The molecule has 0 aliphatic carbocycles. The Morgan fingerprint density at radius 1 is 1.57 bits per heavy atom. The van der Waals surface area contributed by atoms with Gasteiger partial charge in [-0.1, -0.05) is 6.07 Å². The first-order valence-corrected chi connectivity index (χ1v) is 7.37. The lowest BCUT2D eigenvalue weighted by Gasteiger charge is -2.24. The topological polar surface area (TPSA) is 59.6 Å². The normalized spacial score (nSPS) is 19.3. The van der Waals surface area contributed by atoms with Gasteiger partial charge in [0.15, 0.2) is 0 Å². The zero-order valence-corrected chi connectivity index (χ0v) is 14.4. The van der Waals surface area contributed by atoms with Crippen LogP contribution in [0.3, 0.4) is 0 Å². The number of rotatable bonds is 4. The predicted octanol–water partition coefficient (Wildman–Crippen LogP) is 2.05. The quantitative estimate of drug-likeness (QED) is 0.840. The highest BCUT2D eigenvalue weighted by Crippen LogP contribution is 2.28. The first kappa shape index (κ1) is 18.2. The summed E-state index contributed by atoms with van der Waals surface area (Å²) in [6.07, 6.45) is -0.409. The Hall–Kier alpha value is -0.820. The Labute approximate surface area is 139 Å². The van der Waals surface area contributed by atoms with Crippen LogP contribution in [0.5, 0.6) is 5.75 Å². The van der Waals surface area contributed by atoms with Crippen LogP contribution in [0.25, 0.3) is 0 Å². The van der Waals surface area contributed by atoms with E-state index in [9.17, 15) is 4.79 Å². The first-order valence-electron chi connectivity index (χ1n) is 6.58. The molecule has 21 heavy (non-hydrogen) atoms. The van der Waals surface area contributed by atoms with Gasteiger partial charge in [0, 0.05) is 13.1 Å². The lowest BCUT2D eigenvalue weighted by atomic mass is 10.1. The molecule has 1 aliphatic rings. The Morgan fingerprint density at radius 3 is 2.90 bits per heavy atom. The smallest absolute Gasteiger partial charge is 0.250 e. The first-order chi connectivity index (χ1) is 9.61. The highest BCUT2D eigenvalue weighted by Gasteiger charge is 2.23. The molecule has 0 saturated carbocycles. The maximum absolute atomic E-state index is 12.1. The SMILES string of the molecule is COc1ccc(C(C)NC(=O)C2CNCCO2)cc1Br.Cl. The Balaban J connectivity index is 0.00000220. The van der Waals surface area contributed by atoms with Gasteiger partial charge in [-0.05, 0) is 40.5 Å². The molecule has 1 aliphatic heterocycles. The molecule has 0 spiro atoms. The monoisotopic (exact) mass is 378 g/mol. The van der Waals surface area contributed by atoms with Gasteiger partial charge in [-0.3, -0.25) is 4.79 Å². The van der Waals surface area contributed by atoms with E-state index in [1.807, 2.05) is 25.1 Å². The summed E-state index contributed by atoms with van der Waals surface area (Å²) < 4.78 is 11.5. The molecule has 1 amide bonds. The van der Waals surface area contributed by atoms with E-state index in [0.717, 1.165) is 22.3 Å². The van der Waals surface area contributed by atoms with E-state index >= 15 is 0 Å². The van der Waals surface area contributed by atoms with E-state index in [1.165, 1.54) is 0 Å². The molecular weight excluding hydrogens is 360 g/mol. The molecule has 5 nitrogen and oxygen atoms in total. The number of benzene rings is 1. The fraction of sp³-hybridized carbons (Fsp3) is 0.500. The summed E-state index contributed by atoms with van der Waals surface area (Å²) in [6, 6.07) is 5.68. The molecule has 2 N–H and O–H groups in total. The third-order valence-corrected chi connectivity index (χ3v) is 3.87. The third kappa shape index (κ3) is 4.85. The Kier molecular flexibility index (Phi) is 7.45. The van der Waals surface area contributed by atoms with Crippen molar-refractivity contribution in [3.8, 4) is 5.75 Å². The van der Waals surface area contributed by atoms with Crippen molar-refractivity contribution in [3.63, 3.8) is 0 Å². The molecule has 0 radical (unpaired) electrons. The number of carbonyl (C=O) groups excluding carboxylic acids is 1. The minimum absolute atomic E-state index is 0. The average Bonchev–Trinajstić information content (AvgIpc) is 2.48. The molecule has 1 heterocycles. The summed E-state index contributed by atoms with van der Waals surface area (Å²) in [4.78, 5) is 12.1. The van der Waals surface area contributed by atoms with Gasteiger partial charge in [0.1, 0.15) is 11.9 Å². The summed E-state index contributed by atoms with van der Waals surface area (Å²) in [5.74, 6) is 0.684. The van der Waals surface area contributed by atoms with Gasteiger partial charge >= 0.3 is 0 Å². The van der Waals surface area contributed by atoms with Crippen LogP contribution in [-0.4, -0.2) is 38.8 Å². The maximum Gasteiger partial charge on any atom is 0.250 e. The number of methoxy groups -OCH3 is 1. The van der Waals surface area contributed by atoms with Gasteiger partial charge in [-0.2, -0.15) is 0 Å². The number of morpholine rings is 1. The second kappa shape index (κ2) is 8.58. The third-order valence-electron chi connectivity index (χ3n) is 3.25. The number of amides is 1. The van der Waals surface area contributed by atoms with E-state index in [0.29, 0.717) is 13.2 Å². The number of ether oxygens (including phenoxy) is 2. The molecule has 2 atom stereocenters. The molecular formula is C14H20BrClN2O3.